The summed E-state index contributed by atoms with van der Waals surface area (Å²) in [4.78, 5) is 23.4. The Morgan fingerprint density at radius 2 is 1.71 bits per heavy atom. The molecule has 0 saturated carbocycles. The standard InChI is InChI=1S/C15H14O2/c1-2-14(17)15(10-8-13(16)9-11-15)12-6-4-3-5-7-12/h3-11H,2H2,1H3. The summed E-state index contributed by atoms with van der Waals surface area (Å²) in [6, 6.07) is 9.54. The van der Waals surface area contributed by atoms with Crippen LogP contribution in [0.1, 0.15) is 18.9 Å². The van der Waals surface area contributed by atoms with Crippen LogP contribution < -0.4 is 0 Å². The van der Waals surface area contributed by atoms with Crippen LogP contribution in [0, 0.1) is 0 Å². The van der Waals surface area contributed by atoms with Gasteiger partial charge < -0.3 is 0 Å². The quantitative estimate of drug-likeness (QED) is 0.793. The number of carbonyl (C=O) groups excluding carboxylic acids is 2. The number of Topliss-reactive ketones (excluding diaryl/α,β-unsaturated/α-hetero) is 1. The molecule has 0 aliphatic heterocycles. The summed E-state index contributed by atoms with van der Waals surface area (Å²) in [5.74, 6) is 0.0316. The van der Waals surface area contributed by atoms with E-state index in [1.54, 1.807) is 12.2 Å². The third-order valence-corrected chi connectivity index (χ3v) is 3.05. The molecule has 0 saturated heterocycles. The number of allylic oxidation sites excluding steroid dienone is 4. The van der Waals surface area contributed by atoms with Crippen molar-refractivity contribution >= 4 is 11.6 Å². The van der Waals surface area contributed by atoms with E-state index in [-0.39, 0.29) is 11.6 Å². The van der Waals surface area contributed by atoms with Gasteiger partial charge in [-0.2, -0.15) is 0 Å². The number of rotatable bonds is 3. The lowest BCUT2D eigenvalue weighted by Gasteiger charge is -2.27. The van der Waals surface area contributed by atoms with E-state index in [2.05, 4.69) is 0 Å². The van der Waals surface area contributed by atoms with Gasteiger partial charge in [0.25, 0.3) is 0 Å². The highest BCUT2D eigenvalue weighted by Crippen LogP contribution is 2.32. The van der Waals surface area contributed by atoms with Gasteiger partial charge >= 0.3 is 0 Å². The molecule has 2 nitrogen and oxygen atoms in total. The Kier molecular flexibility index (Phi) is 3.05. The smallest absolute Gasteiger partial charge is 0.178 e. The van der Waals surface area contributed by atoms with Crippen molar-refractivity contribution in [3.8, 4) is 0 Å². The molecule has 0 heterocycles. The Hall–Kier alpha value is -1.96. The van der Waals surface area contributed by atoms with Gasteiger partial charge in [0, 0.05) is 6.42 Å². The zero-order valence-corrected chi connectivity index (χ0v) is 9.72. The van der Waals surface area contributed by atoms with E-state index in [4.69, 9.17) is 0 Å². The van der Waals surface area contributed by atoms with Crippen molar-refractivity contribution in [1.82, 2.24) is 0 Å². The van der Waals surface area contributed by atoms with Crippen molar-refractivity contribution in [2.45, 2.75) is 18.8 Å². The number of ketones is 2. The highest BCUT2D eigenvalue weighted by molar-refractivity contribution is 6.05. The van der Waals surface area contributed by atoms with Crippen LogP contribution in [0.25, 0.3) is 0 Å². The first kappa shape index (κ1) is 11.5. The predicted molar refractivity (Wildman–Crippen MR) is 66.7 cm³/mol. The number of benzene rings is 1. The van der Waals surface area contributed by atoms with E-state index in [0.717, 1.165) is 5.56 Å². The van der Waals surface area contributed by atoms with E-state index < -0.39 is 5.41 Å². The lowest BCUT2D eigenvalue weighted by atomic mass is 9.73. The van der Waals surface area contributed by atoms with Crippen molar-refractivity contribution in [1.29, 1.82) is 0 Å². The third-order valence-electron chi connectivity index (χ3n) is 3.05. The molecule has 0 radical (unpaired) electrons. The maximum atomic E-state index is 12.2. The number of hydrogen-bond donors (Lipinski definition) is 0. The van der Waals surface area contributed by atoms with E-state index in [0.29, 0.717) is 6.42 Å². The summed E-state index contributed by atoms with van der Waals surface area (Å²) in [5, 5.41) is 0. The third kappa shape index (κ3) is 1.98. The monoisotopic (exact) mass is 226 g/mol. The predicted octanol–water partition coefficient (Wildman–Crippen LogP) is 2.60. The molecule has 0 bridgehead atoms. The van der Waals surface area contributed by atoms with Gasteiger partial charge in [-0.1, -0.05) is 49.4 Å². The lowest BCUT2D eigenvalue weighted by molar-refractivity contribution is -0.121. The molecule has 0 unspecified atom stereocenters. The second kappa shape index (κ2) is 4.50. The van der Waals surface area contributed by atoms with Crippen molar-refractivity contribution in [3.63, 3.8) is 0 Å². The lowest BCUT2D eigenvalue weighted by Crippen LogP contribution is -2.33. The van der Waals surface area contributed by atoms with Crippen LogP contribution in [0.2, 0.25) is 0 Å². The Morgan fingerprint density at radius 1 is 1.12 bits per heavy atom. The number of carbonyl (C=O) groups is 2. The summed E-state index contributed by atoms with van der Waals surface area (Å²) >= 11 is 0. The highest BCUT2D eigenvalue weighted by atomic mass is 16.1. The van der Waals surface area contributed by atoms with Crippen LogP contribution in [0.15, 0.2) is 54.6 Å². The molecule has 2 heteroatoms. The minimum atomic E-state index is -0.760. The van der Waals surface area contributed by atoms with E-state index in [9.17, 15) is 9.59 Å². The molecule has 0 atom stereocenters. The summed E-state index contributed by atoms with van der Waals surface area (Å²) in [6.45, 7) is 1.84. The SMILES string of the molecule is CCC(=O)C1(c2ccccc2)C=CC(=O)C=C1. The average molecular weight is 226 g/mol. The molecular weight excluding hydrogens is 212 g/mol. The van der Waals surface area contributed by atoms with Gasteiger partial charge in [0.2, 0.25) is 0 Å². The van der Waals surface area contributed by atoms with Crippen LogP contribution in [-0.2, 0) is 15.0 Å². The summed E-state index contributed by atoms with van der Waals surface area (Å²) in [5.41, 5.74) is 0.149. The van der Waals surface area contributed by atoms with Gasteiger partial charge in [-0.25, -0.2) is 0 Å². The fraction of sp³-hybridized carbons (Fsp3) is 0.200. The van der Waals surface area contributed by atoms with Crippen LogP contribution in [0.3, 0.4) is 0 Å². The Labute approximate surface area is 101 Å². The fourth-order valence-electron chi connectivity index (χ4n) is 2.08. The van der Waals surface area contributed by atoms with Crippen molar-refractivity contribution < 1.29 is 9.59 Å². The van der Waals surface area contributed by atoms with Gasteiger partial charge in [-0.3, -0.25) is 9.59 Å². The molecule has 0 amide bonds. The summed E-state index contributed by atoms with van der Waals surface area (Å²) in [6.07, 6.45) is 6.80. The number of hydrogen-bond acceptors (Lipinski definition) is 2. The second-order valence-corrected chi connectivity index (χ2v) is 4.08. The van der Waals surface area contributed by atoms with Crippen molar-refractivity contribution in [2.75, 3.05) is 0 Å². The zero-order valence-electron chi connectivity index (χ0n) is 9.72. The van der Waals surface area contributed by atoms with E-state index >= 15 is 0 Å². The van der Waals surface area contributed by atoms with Gasteiger partial charge in [-0.05, 0) is 17.7 Å². The highest BCUT2D eigenvalue weighted by Gasteiger charge is 2.35. The summed E-state index contributed by atoms with van der Waals surface area (Å²) < 4.78 is 0. The molecular formula is C15H14O2. The Bertz CT molecular complexity index is 479. The maximum absolute atomic E-state index is 12.2. The minimum Gasteiger partial charge on any atom is -0.298 e. The van der Waals surface area contributed by atoms with Crippen LogP contribution in [-0.4, -0.2) is 11.6 Å². The Morgan fingerprint density at radius 3 is 2.24 bits per heavy atom. The average Bonchev–Trinajstić information content (AvgIpc) is 2.40. The molecule has 17 heavy (non-hydrogen) atoms. The van der Waals surface area contributed by atoms with Gasteiger partial charge in [0.05, 0.1) is 5.41 Å². The molecule has 0 spiro atoms. The van der Waals surface area contributed by atoms with Gasteiger partial charge in [0.1, 0.15) is 0 Å². The zero-order chi connectivity index (χ0) is 12.3. The van der Waals surface area contributed by atoms with Crippen LogP contribution >= 0.6 is 0 Å². The topological polar surface area (TPSA) is 34.1 Å². The molecule has 0 N–H and O–H groups in total. The molecule has 0 aromatic heterocycles. The Balaban J connectivity index is 2.54. The maximum Gasteiger partial charge on any atom is 0.178 e. The molecule has 2 rings (SSSR count). The van der Waals surface area contributed by atoms with Gasteiger partial charge in [-0.15, -0.1) is 0 Å². The van der Waals surface area contributed by atoms with Crippen LogP contribution in [0.5, 0.6) is 0 Å². The molecule has 1 aliphatic carbocycles. The largest absolute Gasteiger partial charge is 0.298 e. The molecule has 1 aromatic rings. The van der Waals surface area contributed by atoms with Gasteiger partial charge in [0.15, 0.2) is 11.6 Å². The first-order valence-corrected chi connectivity index (χ1v) is 5.70. The van der Waals surface area contributed by atoms with E-state index in [1.165, 1.54) is 12.2 Å². The molecule has 86 valence electrons. The minimum absolute atomic E-state index is 0.0690. The molecule has 1 aromatic carbocycles. The summed E-state index contributed by atoms with van der Waals surface area (Å²) in [7, 11) is 0. The normalized spacial score (nSPS) is 17.1. The van der Waals surface area contributed by atoms with Crippen molar-refractivity contribution in [2.24, 2.45) is 0 Å². The molecule has 1 aliphatic rings. The molecule has 0 fully saturated rings. The fourth-order valence-corrected chi connectivity index (χ4v) is 2.08. The first-order valence-electron chi connectivity index (χ1n) is 5.70. The van der Waals surface area contributed by atoms with E-state index in [1.807, 2.05) is 37.3 Å². The van der Waals surface area contributed by atoms with Crippen molar-refractivity contribution in [3.05, 3.63) is 60.2 Å². The first-order chi connectivity index (χ1) is 8.19. The second-order valence-electron chi connectivity index (χ2n) is 4.08. The van der Waals surface area contributed by atoms with Crippen LogP contribution in [0.4, 0.5) is 0 Å².